The zero-order valence-corrected chi connectivity index (χ0v) is 14.0. The van der Waals surface area contributed by atoms with Crippen molar-refractivity contribution >= 4 is 11.3 Å². The lowest BCUT2D eigenvalue weighted by Gasteiger charge is -2.14. The van der Waals surface area contributed by atoms with Gasteiger partial charge in [0.05, 0.1) is 0 Å². The van der Waals surface area contributed by atoms with Gasteiger partial charge < -0.3 is 5.32 Å². The lowest BCUT2D eigenvalue weighted by Crippen LogP contribution is -2.18. The number of hydrogen-bond acceptors (Lipinski definition) is 2. The summed E-state index contributed by atoms with van der Waals surface area (Å²) in [5.41, 5.74) is 4.20. The molecule has 2 heteroatoms. The van der Waals surface area contributed by atoms with Crippen LogP contribution in [0.1, 0.15) is 59.2 Å². The Morgan fingerprint density at radius 2 is 1.70 bits per heavy atom. The molecule has 1 nitrogen and oxygen atoms in total. The lowest BCUT2D eigenvalue weighted by molar-refractivity contribution is 0.574. The first-order chi connectivity index (χ1) is 9.47. The molecule has 20 heavy (non-hydrogen) atoms. The van der Waals surface area contributed by atoms with Crippen LogP contribution in [0.15, 0.2) is 30.3 Å². The summed E-state index contributed by atoms with van der Waals surface area (Å²) in [6, 6.07) is 11.7. The monoisotopic (exact) mass is 287 g/mol. The molecule has 1 N–H and O–H groups in total. The Hall–Kier alpha value is -1.12. The summed E-state index contributed by atoms with van der Waals surface area (Å²) in [6.45, 7) is 12.0. The lowest BCUT2D eigenvalue weighted by atomic mass is 10.0. The summed E-state index contributed by atoms with van der Waals surface area (Å²) in [4.78, 5) is 2.82. The van der Waals surface area contributed by atoms with Crippen LogP contribution < -0.4 is 5.32 Å². The molecular formula is C18H25NS. The van der Waals surface area contributed by atoms with Gasteiger partial charge in [-0.15, -0.1) is 11.3 Å². The van der Waals surface area contributed by atoms with Gasteiger partial charge in [-0.3, -0.25) is 0 Å². The van der Waals surface area contributed by atoms with Gasteiger partial charge in [0.2, 0.25) is 0 Å². The molecule has 0 fully saturated rings. The van der Waals surface area contributed by atoms with Gasteiger partial charge in [0.25, 0.3) is 0 Å². The highest BCUT2D eigenvalue weighted by Gasteiger charge is 2.10. The molecule has 0 bridgehead atoms. The van der Waals surface area contributed by atoms with Crippen molar-refractivity contribution in [1.29, 1.82) is 0 Å². The fourth-order valence-corrected chi connectivity index (χ4v) is 3.50. The molecule has 0 aliphatic carbocycles. The maximum atomic E-state index is 3.62. The van der Waals surface area contributed by atoms with Crippen LogP contribution in [0.5, 0.6) is 0 Å². The Labute approximate surface area is 127 Å². The predicted octanol–water partition coefficient (Wildman–Crippen LogP) is 5.34. The molecule has 0 spiro atoms. The third-order valence-corrected chi connectivity index (χ3v) is 4.79. The molecule has 0 aliphatic heterocycles. The van der Waals surface area contributed by atoms with Gasteiger partial charge in [-0.05, 0) is 49.4 Å². The van der Waals surface area contributed by atoms with Crippen molar-refractivity contribution in [2.75, 3.05) is 0 Å². The van der Waals surface area contributed by atoms with Crippen molar-refractivity contribution < 1.29 is 0 Å². The maximum absolute atomic E-state index is 3.62. The van der Waals surface area contributed by atoms with Crippen LogP contribution in [0.25, 0.3) is 0 Å². The fraction of sp³-hybridized carbons (Fsp3) is 0.444. The summed E-state index contributed by atoms with van der Waals surface area (Å²) < 4.78 is 0. The predicted molar refractivity (Wildman–Crippen MR) is 89.6 cm³/mol. The summed E-state index contributed by atoms with van der Waals surface area (Å²) in [5, 5.41) is 3.62. The number of aryl methyl sites for hydroxylation is 2. The van der Waals surface area contributed by atoms with Crippen LogP contribution >= 0.6 is 11.3 Å². The Morgan fingerprint density at radius 3 is 2.20 bits per heavy atom. The molecule has 0 saturated heterocycles. The van der Waals surface area contributed by atoms with Gasteiger partial charge >= 0.3 is 0 Å². The Morgan fingerprint density at radius 1 is 1.05 bits per heavy atom. The molecule has 0 aliphatic rings. The summed E-state index contributed by atoms with van der Waals surface area (Å²) in [6.07, 6.45) is 0. The average Bonchev–Trinajstić information content (AvgIpc) is 2.75. The molecule has 1 heterocycles. The first-order valence-electron chi connectivity index (χ1n) is 7.36. The fourth-order valence-electron chi connectivity index (χ4n) is 2.48. The second kappa shape index (κ2) is 6.55. The SMILES string of the molecule is Cc1cc(C(C)NCc2ccc(C(C)C)cc2)c(C)s1. The number of nitrogens with one attached hydrogen (secondary N) is 1. The molecule has 2 aromatic rings. The van der Waals surface area contributed by atoms with Gasteiger partial charge in [-0.1, -0.05) is 38.1 Å². The van der Waals surface area contributed by atoms with E-state index >= 15 is 0 Å². The van der Waals surface area contributed by atoms with Crippen molar-refractivity contribution in [3.8, 4) is 0 Å². The highest BCUT2D eigenvalue weighted by molar-refractivity contribution is 7.12. The van der Waals surface area contributed by atoms with Gasteiger partial charge in [0.1, 0.15) is 0 Å². The molecule has 1 atom stereocenters. The molecule has 0 saturated carbocycles. The van der Waals surface area contributed by atoms with E-state index in [0.717, 1.165) is 6.54 Å². The molecule has 0 amide bonds. The van der Waals surface area contributed by atoms with E-state index in [1.165, 1.54) is 26.4 Å². The van der Waals surface area contributed by atoms with E-state index in [-0.39, 0.29) is 0 Å². The van der Waals surface area contributed by atoms with E-state index in [2.05, 4.69) is 70.3 Å². The quantitative estimate of drug-likeness (QED) is 0.782. The molecular weight excluding hydrogens is 262 g/mol. The molecule has 1 aromatic heterocycles. The first kappa shape index (κ1) is 15.3. The number of hydrogen-bond donors (Lipinski definition) is 1. The highest BCUT2D eigenvalue weighted by atomic mass is 32.1. The van der Waals surface area contributed by atoms with Crippen LogP contribution in [-0.2, 0) is 6.54 Å². The first-order valence-corrected chi connectivity index (χ1v) is 8.18. The van der Waals surface area contributed by atoms with E-state index in [1.54, 1.807) is 0 Å². The van der Waals surface area contributed by atoms with E-state index in [9.17, 15) is 0 Å². The normalized spacial score (nSPS) is 12.9. The van der Waals surface area contributed by atoms with Crippen LogP contribution in [0, 0.1) is 13.8 Å². The molecule has 1 aromatic carbocycles. The van der Waals surface area contributed by atoms with Crippen LogP contribution in [0.4, 0.5) is 0 Å². The standard InChI is InChI=1S/C18H25NS/c1-12(2)17-8-6-16(7-9-17)11-19-14(4)18-10-13(3)20-15(18)5/h6-10,12,14,19H,11H2,1-5H3. The molecule has 108 valence electrons. The third kappa shape index (κ3) is 3.71. The summed E-state index contributed by atoms with van der Waals surface area (Å²) in [5.74, 6) is 0.604. The van der Waals surface area contributed by atoms with Gasteiger partial charge in [0.15, 0.2) is 0 Å². The summed E-state index contributed by atoms with van der Waals surface area (Å²) >= 11 is 1.88. The van der Waals surface area contributed by atoms with Crippen molar-refractivity contribution in [2.24, 2.45) is 0 Å². The molecule has 2 rings (SSSR count). The third-order valence-electron chi connectivity index (χ3n) is 3.80. The van der Waals surface area contributed by atoms with Gasteiger partial charge in [0, 0.05) is 22.3 Å². The van der Waals surface area contributed by atoms with Crippen molar-refractivity contribution in [3.63, 3.8) is 0 Å². The Balaban J connectivity index is 1.96. The van der Waals surface area contributed by atoms with Crippen molar-refractivity contribution in [3.05, 3.63) is 56.8 Å². The van der Waals surface area contributed by atoms with Crippen LogP contribution in [-0.4, -0.2) is 0 Å². The number of rotatable bonds is 5. The zero-order valence-electron chi connectivity index (χ0n) is 13.2. The molecule has 0 radical (unpaired) electrons. The second-order valence-electron chi connectivity index (χ2n) is 5.87. The zero-order chi connectivity index (χ0) is 14.7. The van der Waals surface area contributed by atoms with Gasteiger partial charge in [-0.25, -0.2) is 0 Å². The second-order valence-corrected chi connectivity index (χ2v) is 7.33. The van der Waals surface area contributed by atoms with Crippen LogP contribution in [0.3, 0.4) is 0 Å². The summed E-state index contributed by atoms with van der Waals surface area (Å²) in [7, 11) is 0. The van der Waals surface area contributed by atoms with Crippen molar-refractivity contribution in [1.82, 2.24) is 5.32 Å². The topological polar surface area (TPSA) is 12.0 Å². The highest BCUT2D eigenvalue weighted by Crippen LogP contribution is 2.26. The molecule has 1 unspecified atom stereocenters. The van der Waals surface area contributed by atoms with E-state index in [0.29, 0.717) is 12.0 Å². The minimum Gasteiger partial charge on any atom is -0.306 e. The van der Waals surface area contributed by atoms with E-state index in [1.807, 2.05) is 11.3 Å². The van der Waals surface area contributed by atoms with Crippen LogP contribution in [0.2, 0.25) is 0 Å². The minimum absolute atomic E-state index is 0.407. The number of thiophene rings is 1. The maximum Gasteiger partial charge on any atom is 0.0305 e. The minimum atomic E-state index is 0.407. The van der Waals surface area contributed by atoms with Crippen molar-refractivity contribution in [2.45, 2.75) is 53.1 Å². The van der Waals surface area contributed by atoms with Gasteiger partial charge in [-0.2, -0.15) is 0 Å². The largest absolute Gasteiger partial charge is 0.306 e. The number of benzene rings is 1. The smallest absolute Gasteiger partial charge is 0.0305 e. The van der Waals surface area contributed by atoms with E-state index in [4.69, 9.17) is 0 Å². The Kier molecular flexibility index (Phi) is 5.00. The van der Waals surface area contributed by atoms with E-state index < -0.39 is 0 Å². The Bertz CT molecular complexity index is 551. The average molecular weight is 287 g/mol.